The van der Waals surface area contributed by atoms with Crippen LogP contribution in [0.4, 0.5) is 22.7 Å². The van der Waals surface area contributed by atoms with Crippen molar-refractivity contribution >= 4 is 45.9 Å². The van der Waals surface area contributed by atoms with Crippen molar-refractivity contribution in [1.29, 1.82) is 0 Å². The number of hydrogen-bond donors (Lipinski definition) is 0. The lowest BCUT2D eigenvalue weighted by atomic mass is 9.94. The first-order chi connectivity index (χ1) is 34.5. The summed E-state index contributed by atoms with van der Waals surface area (Å²) in [5, 5.41) is 0. The van der Waals surface area contributed by atoms with Crippen molar-refractivity contribution in [2.45, 2.75) is 96.9 Å². The molecule has 0 unspecified atom stereocenters. The highest BCUT2D eigenvalue weighted by atomic mass is 16.1. The fourth-order valence-electron chi connectivity index (χ4n) is 7.02. The minimum Gasteiger partial charge on any atom is -0.378 e. The maximum Gasteiger partial charge on any atom is 0.169 e. The molecular weight excluding hydrogens is 913 g/mol. The van der Waals surface area contributed by atoms with E-state index in [1.54, 1.807) is 0 Å². The average molecular weight is 1010 g/mol. The highest BCUT2D eigenvalue weighted by molar-refractivity contribution is 6.00. The number of hydrogen-bond acceptors (Lipinski definition) is 8. The predicted octanol–water partition coefficient (Wildman–Crippen LogP) is 15.9. The normalized spacial score (nSPS) is 13.3. The lowest BCUT2D eigenvalue weighted by Crippen LogP contribution is -2.12. The van der Waals surface area contributed by atoms with Crippen LogP contribution in [0.15, 0.2) is 145 Å². The van der Waals surface area contributed by atoms with E-state index < -0.39 is 0 Å². The Labute approximate surface area is 450 Å². The second-order valence-corrected chi connectivity index (χ2v) is 21.8. The molecule has 0 bridgehead atoms. The van der Waals surface area contributed by atoms with Gasteiger partial charge in [-0.05, 0) is 135 Å². The summed E-state index contributed by atoms with van der Waals surface area (Å²) in [5.41, 5.74) is 10.1. The predicted molar refractivity (Wildman–Crippen MR) is 322 cm³/mol. The monoisotopic (exact) mass is 1010 g/mol. The Kier molecular flexibility index (Phi) is 29.1. The van der Waals surface area contributed by atoms with Crippen LogP contribution >= 0.6 is 0 Å². The number of carbonyl (C=O) groups is 4. The van der Waals surface area contributed by atoms with Crippen LogP contribution in [-0.2, 0) is 0 Å². The van der Waals surface area contributed by atoms with Crippen LogP contribution in [0.25, 0.3) is 0 Å². The summed E-state index contributed by atoms with van der Waals surface area (Å²) in [5.74, 6) is 2.44. The second-order valence-electron chi connectivity index (χ2n) is 21.8. The zero-order valence-corrected chi connectivity index (χ0v) is 49.7. The number of allylic oxidation sites excluding steroid dienone is 8. The molecular formula is C66H96N4O4. The fraction of sp³-hybridized carbons (Fsp3) is 0.455. The first-order valence-corrected chi connectivity index (χ1v) is 26.5. The Bertz CT molecular complexity index is 2260. The third-order valence-corrected chi connectivity index (χ3v) is 12.7. The SMILES string of the molecule is C/C(=C\[C@@H](C)C(=O)c1ccc(N(C)C)cc1)C(C)C.C/C(=C\[C@H](C)C(=O)c1ccc(N(C)C)cc1)C(C)C.CC(C)/C=C/[C@@H](C)C(=O)c1ccc(N(C)C)cc1.CC(C)/C=C/[C@H](C)C(=O)c1ccc(N(C)C)cc1. The Morgan fingerprint density at radius 3 is 0.662 bits per heavy atom. The number of rotatable bonds is 20. The molecule has 0 saturated carbocycles. The number of Topliss-reactive ketones (excluding diaryl/α,β-unsaturated/α-hetero) is 4. The van der Waals surface area contributed by atoms with Gasteiger partial charge < -0.3 is 19.6 Å². The lowest BCUT2D eigenvalue weighted by Gasteiger charge is -2.14. The van der Waals surface area contributed by atoms with Gasteiger partial charge in [0.25, 0.3) is 0 Å². The summed E-state index contributed by atoms with van der Waals surface area (Å²) in [7, 11) is 15.9. The van der Waals surface area contributed by atoms with Gasteiger partial charge in [0, 0.05) is 125 Å². The molecule has 74 heavy (non-hydrogen) atoms. The molecule has 0 aliphatic heterocycles. The summed E-state index contributed by atoms with van der Waals surface area (Å²) < 4.78 is 0. The van der Waals surface area contributed by atoms with Crippen molar-refractivity contribution in [2.75, 3.05) is 76.0 Å². The molecule has 4 aromatic carbocycles. The van der Waals surface area contributed by atoms with Gasteiger partial charge in [0.2, 0.25) is 0 Å². The van der Waals surface area contributed by atoms with Crippen molar-refractivity contribution in [3.63, 3.8) is 0 Å². The quantitative estimate of drug-likeness (QED) is 0.0640. The molecule has 0 aliphatic rings. The number of ketones is 4. The van der Waals surface area contributed by atoms with Gasteiger partial charge in [-0.1, -0.05) is 131 Å². The molecule has 0 amide bonds. The fourth-order valence-corrected chi connectivity index (χ4v) is 7.02. The van der Waals surface area contributed by atoms with Crippen LogP contribution in [-0.4, -0.2) is 79.5 Å². The standard InChI is InChI=1S/2C17H25NO.2C16H23NO/c2*1-12(2)13(3)11-14(4)17(19)15-7-9-16(10-8-15)18(5)6;2*1-12(2)6-7-13(3)16(18)14-8-10-15(11-9-14)17(4)5/h2*7-12,14H,1-6H3;2*6-13H,1-5H3/b2*13-11+;2*7-6+/t2*14-;2*13-/m1010/s1. The van der Waals surface area contributed by atoms with Gasteiger partial charge >= 0.3 is 0 Å². The third-order valence-electron chi connectivity index (χ3n) is 12.7. The van der Waals surface area contributed by atoms with Crippen LogP contribution in [0.1, 0.15) is 138 Å². The summed E-state index contributed by atoms with van der Waals surface area (Å²) in [4.78, 5) is 57.1. The Morgan fingerprint density at radius 1 is 0.311 bits per heavy atom. The molecule has 0 aliphatic carbocycles. The Hall–Kier alpha value is -6.28. The summed E-state index contributed by atoms with van der Waals surface area (Å²) >= 11 is 0. The van der Waals surface area contributed by atoms with Crippen LogP contribution in [0.3, 0.4) is 0 Å². The van der Waals surface area contributed by atoms with Gasteiger partial charge in [0.15, 0.2) is 23.1 Å². The van der Waals surface area contributed by atoms with Crippen molar-refractivity contribution in [3.8, 4) is 0 Å². The van der Waals surface area contributed by atoms with E-state index in [2.05, 4.69) is 93.5 Å². The highest BCUT2D eigenvalue weighted by Gasteiger charge is 2.17. The molecule has 0 saturated heterocycles. The molecule has 4 rings (SSSR count). The molecule has 8 heteroatoms. The first kappa shape index (κ1) is 65.7. The van der Waals surface area contributed by atoms with E-state index in [1.807, 2.05) is 213 Å². The van der Waals surface area contributed by atoms with Gasteiger partial charge in [-0.25, -0.2) is 0 Å². The summed E-state index contributed by atoms with van der Waals surface area (Å²) in [6, 6.07) is 31.1. The van der Waals surface area contributed by atoms with Crippen LogP contribution in [0.5, 0.6) is 0 Å². The highest BCUT2D eigenvalue weighted by Crippen LogP contribution is 2.22. The van der Waals surface area contributed by atoms with E-state index in [-0.39, 0.29) is 46.8 Å². The van der Waals surface area contributed by atoms with Crippen molar-refractivity contribution in [2.24, 2.45) is 47.3 Å². The molecule has 404 valence electrons. The summed E-state index contributed by atoms with van der Waals surface area (Å²) in [6.07, 6.45) is 12.3. The van der Waals surface area contributed by atoms with E-state index in [1.165, 1.54) is 11.1 Å². The topological polar surface area (TPSA) is 81.2 Å². The zero-order chi connectivity index (χ0) is 56.6. The largest absolute Gasteiger partial charge is 0.378 e. The third kappa shape index (κ3) is 23.7. The Balaban J connectivity index is 0.000000493. The van der Waals surface area contributed by atoms with Crippen LogP contribution in [0.2, 0.25) is 0 Å². The number of anilines is 4. The molecule has 0 N–H and O–H groups in total. The number of benzene rings is 4. The first-order valence-electron chi connectivity index (χ1n) is 26.5. The average Bonchev–Trinajstić information content (AvgIpc) is 3.36. The van der Waals surface area contributed by atoms with E-state index in [9.17, 15) is 19.2 Å². The van der Waals surface area contributed by atoms with Gasteiger partial charge in [-0.2, -0.15) is 0 Å². The van der Waals surface area contributed by atoms with Crippen molar-refractivity contribution in [1.82, 2.24) is 0 Å². The maximum atomic E-state index is 12.3. The van der Waals surface area contributed by atoms with Crippen LogP contribution < -0.4 is 19.6 Å². The number of nitrogens with zero attached hydrogens (tertiary/aromatic N) is 4. The molecule has 4 atom stereocenters. The second kappa shape index (κ2) is 32.8. The smallest absolute Gasteiger partial charge is 0.169 e. The van der Waals surface area contributed by atoms with E-state index in [0.29, 0.717) is 23.7 Å². The minimum absolute atomic E-state index is 0.0578. The Morgan fingerprint density at radius 2 is 0.500 bits per heavy atom. The molecule has 0 radical (unpaired) electrons. The van der Waals surface area contributed by atoms with Crippen molar-refractivity contribution < 1.29 is 19.2 Å². The molecule has 4 aromatic rings. The van der Waals surface area contributed by atoms with Gasteiger partial charge in [-0.15, -0.1) is 0 Å². The molecule has 8 nitrogen and oxygen atoms in total. The summed E-state index contributed by atoms with van der Waals surface area (Å²) in [6.45, 7) is 29.0. The van der Waals surface area contributed by atoms with Gasteiger partial charge in [-0.3, -0.25) is 19.2 Å². The van der Waals surface area contributed by atoms with E-state index in [4.69, 9.17) is 0 Å². The molecule has 0 fully saturated rings. The molecule has 0 spiro atoms. The van der Waals surface area contributed by atoms with Gasteiger partial charge in [0.05, 0.1) is 0 Å². The van der Waals surface area contributed by atoms with E-state index in [0.717, 1.165) is 45.0 Å². The maximum absolute atomic E-state index is 12.3. The van der Waals surface area contributed by atoms with E-state index >= 15 is 0 Å². The van der Waals surface area contributed by atoms with Crippen LogP contribution in [0, 0.1) is 47.3 Å². The molecule has 0 heterocycles. The van der Waals surface area contributed by atoms with Gasteiger partial charge in [0.1, 0.15) is 0 Å². The lowest BCUT2D eigenvalue weighted by molar-refractivity contribution is 0.0945. The minimum atomic E-state index is -0.0624. The van der Waals surface area contributed by atoms with Crippen molar-refractivity contribution in [3.05, 3.63) is 167 Å². The zero-order valence-electron chi connectivity index (χ0n) is 49.7. The molecule has 0 aromatic heterocycles. The number of carbonyl (C=O) groups excluding carboxylic acids is 4.